The molecule has 0 radical (unpaired) electrons. The number of rotatable bonds is 3. The van der Waals surface area contributed by atoms with E-state index < -0.39 is 0 Å². The maximum Gasteiger partial charge on any atom is 0.251 e. The molecular formula is C15H19BrFNO. The lowest BCUT2D eigenvalue weighted by Crippen LogP contribution is -2.42. The van der Waals surface area contributed by atoms with Crippen LogP contribution in [0.15, 0.2) is 18.2 Å². The lowest BCUT2D eigenvalue weighted by atomic mass is 9.85. The number of amides is 1. The molecule has 0 saturated heterocycles. The first kappa shape index (κ1) is 14.5. The minimum absolute atomic E-state index is 0.0876. The summed E-state index contributed by atoms with van der Waals surface area (Å²) < 4.78 is 13.0. The van der Waals surface area contributed by atoms with E-state index >= 15 is 0 Å². The van der Waals surface area contributed by atoms with Crippen LogP contribution >= 0.6 is 15.9 Å². The highest BCUT2D eigenvalue weighted by Gasteiger charge is 2.26. The summed E-state index contributed by atoms with van der Waals surface area (Å²) in [6.45, 7) is 1.76. The predicted molar refractivity (Wildman–Crippen MR) is 78.1 cm³/mol. The second kappa shape index (κ2) is 6.51. The Kier molecular flexibility index (Phi) is 4.97. The maximum absolute atomic E-state index is 13.0. The number of hydrogen-bond donors (Lipinski definition) is 1. The Morgan fingerprint density at radius 2 is 2.16 bits per heavy atom. The number of hydrogen-bond acceptors (Lipinski definition) is 1. The van der Waals surface area contributed by atoms with Crippen molar-refractivity contribution in [2.75, 3.05) is 5.33 Å². The van der Waals surface area contributed by atoms with Crippen LogP contribution in [-0.2, 0) is 0 Å². The molecule has 0 spiro atoms. The molecule has 1 aliphatic carbocycles. The van der Waals surface area contributed by atoms with Crippen LogP contribution in [0.5, 0.6) is 0 Å². The fourth-order valence-corrected chi connectivity index (χ4v) is 3.49. The monoisotopic (exact) mass is 327 g/mol. The molecule has 2 rings (SSSR count). The first-order valence-electron chi connectivity index (χ1n) is 6.75. The first-order valence-corrected chi connectivity index (χ1v) is 7.87. The van der Waals surface area contributed by atoms with Crippen LogP contribution < -0.4 is 5.32 Å². The molecule has 0 aromatic heterocycles. The zero-order chi connectivity index (χ0) is 13.8. The molecule has 0 aliphatic heterocycles. The van der Waals surface area contributed by atoms with E-state index in [2.05, 4.69) is 21.2 Å². The van der Waals surface area contributed by atoms with E-state index in [0.29, 0.717) is 17.0 Å². The van der Waals surface area contributed by atoms with Gasteiger partial charge in [-0.1, -0.05) is 28.8 Å². The van der Waals surface area contributed by atoms with Gasteiger partial charge in [-0.3, -0.25) is 4.79 Å². The Morgan fingerprint density at radius 3 is 2.84 bits per heavy atom. The van der Waals surface area contributed by atoms with Gasteiger partial charge in [0.05, 0.1) is 0 Å². The second-order valence-electron chi connectivity index (χ2n) is 5.24. The normalized spacial score (nSPS) is 23.1. The summed E-state index contributed by atoms with van der Waals surface area (Å²) in [7, 11) is 0. The van der Waals surface area contributed by atoms with Crippen molar-refractivity contribution in [3.63, 3.8) is 0 Å². The van der Waals surface area contributed by atoms with Gasteiger partial charge in [0.25, 0.3) is 5.91 Å². The number of halogens is 2. The van der Waals surface area contributed by atoms with Crippen molar-refractivity contribution in [3.8, 4) is 0 Å². The molecule has 1 saturated carbocycles. The largest absolute Gasteiger partial charge is 0.349 e. The van der Waals surface area contributed by atoms with Crippen molar-refractivity contribution < 1.29 is 9.18 Å². The summed E-state index contributed by atoms with van der Waals surface area (Å²) in [6, 6.07) is 4.53. The molecule has 1 N–H and O–H groups in total. The summed E-state index contributed by atoms with van der Waals surface area (Å²) in [5, 5.41) is 4.02. The van der Waals surface area contributed by atoms with Gasteiger partial charge >= 0.3 is 0 Å². The lowest BCUT2D eigenvalue weighted by molar-refractivity contribution is 0.0911. The molecule has 2 nitrogen and oxygen atoms in total. The van der Waals surface area contributed by atoms with E-state index in [4.69, 9.17) is 0 Å². The van der Waals surface area contributed by atoms with Crippen molar-refractivity contribution in [2.45, 2.75) is 38.6 Å². The summed E-state index contributed by atoms with van der Waals surface area (Å²) in [4.78, 5) is 12.3. The van der Waals surface area contributed by atoms with Crippen LogP contribution in [0.1, 0.15) is 41.6 Å². The van der Waals surface area contributed by atoms with Gasteiger partial charge in [0.2, 0.25) is 0 Å². The molecule has 1 amide bonds. The fourth-order valence-electron chi connectivity index (χ4n) is 2.71. The van der Waals surface area contributed by atoms with Crippen LogP contribution in [0.25, 0.3) is 0 Å². The third kappa shape index (κ3) is 3.56. The van der Waals surface area contributed by atoms with Crippen LogP contribution in [-0.4, -0.2) is 17.3 Å². The Hall–Kier alpha value is -0.900. The van der Waals surface area contributed by atoms with E-state index in [0.717, 1.165) is 24.6 Å². The molecule has 1 aliphatic rings. The van der Waals surface area contributed by atoms with Gasteiger partial charge in [-0.2, -0.15) is 0 Å². The molecule has 2 atom stereocenters. The van der Waals surface area contributed by atoms with E-state index in [-0.39, 0.29) is 17.8 Å². The number of carbonyl (C=O) groups is 1. The summed E-state index contributed by atoms with van der Waals surface area (Å²) in [5.74, 6) is 0.110. The van der Waals surface area contributed by atoms with Crippen molar-refractivity contribution in [1.82, 2.24) is 5.32 Å². The highest BCUT2D eigenvalue weighted by Crippen LogP contribution is 2.26. The van der Waals surface area contributed by atoms with Crippen molar-refractivity contribution in [1.29, 1.82) is 0 Å². The van der Waals surface area contributed by atoms with Gasteiger partial charge in [0.15, 0.2) is 0 Å². The SMILES string of the molecule is Cc1cc(F)ccc1C(=O)NC1CCCCC1CBr. The summed E-state index contributed by atoms with van der Waals surface area (Å²) >= 11 is 3.52. The maximum atomic E-state index is 13.0. The van der Waals surface area contributed by atoms with Crippen molar-refractivity contribution >= 4 is 21.8 Å². The van der Waals surface area contributed by atoms with Crippen LogP contribution in [0, 0.1) is 18.7 Å². The van der Waals surface area contributed by atoms with Gasteiger partial charge in [0.1, 0.15) is 5.82 Å². The van der Waals surface area contributed by atoms with E-state index in [1.807, 2.05) is 0 Å². The summed E-state index contributed by atoms with van der Waals surface area (Å²) in [5.41, 5.74) is 1.25. The van der Waals surface area contributed by atoms with Crippen LogP contribution in [0.4, 0.5) is 4.39 Å². The molecule has 0 heterocycles. The summed E-state index contributed by atoms with van der Waals surface area (Å²) in [6.07, 6.45) is 4.58. The van der Waals surface area contributed by atoms with E-state index in [1.54, 1.807) is 13.0 Å². The van der Waals surface area contributed by atoms with Gasteiger partial charge in [-0.15, -0.1) is 0 Å². The molecule has 19 heavy (non-hydrogen) atoms. The number of carbonyl (C=O) groups excluding carboxylic acids is 1. The van der Waals surface area contributed by atoms with Gasteiger partial charge in [0, 0.05) is 16.9 Å². The van der Waals surface area contributed by atoms with Gasteiger partial charge in [-0.05, 0) is 49.4 Å². The standard InChI is InChI=1S/C15H19BrFNO/c1-10-8-12(17)6-7-13(10)15(19)18-14-5-3-2-4-11(14)9-16/h6-8,11,14H,2-5,9H2,1H3,(H,18,19). The second-order valence-corrected chi connectivity index (χ2v) is 5.89. The van der Waals surface area contributed by atoms with E-state index in [9.17, 15) is 9.18 Å². The number of alkyl halides is 1. The quantitative estimate of drug-likeness (QED) is 0.840. The highest BCUT2D eigenvalue weighted by atomic mass is 79.9. The Morgan fingerprint density at radius 1 is 1.42 bits per heavy atom. The Labute approximate surface area is 121 Å². The van der Waals surface area contributed by atoms with Crippen molar-refractivity contribution in [2.24, 2.45) is 5.92 Å². The number of benzene rings is 1. The number of nitrogens with one attached hydrogen (secondary N) is 1. The van der Waals surface area contributed by atoms with Crippen molar-refractivity contribution in [3.05, 3.63) is 35.1 Å². The fraction of sp³-hybridized carbons (Fsp3) is 0.533. The minimum atomic E-state index is -0.301. The molecule has 1 aromatic carbocycles. The van der Waals surface area contributed by atoms with Crippen LogP contribution in [0.3, 0.4) is 0 Å². The first-order chi connectivity index (χ1) is 9.11. The minimum Gasteiger partial charge on any atom is -0.349 e. The average Bonchev–Trinajstić information content (AvgIpc) is 2.39. The third-order valence-electron chi connectivity index (χ3n) is 3.86. The number of aryl methyl sites for hydroxylation is 1. The molecular weight excluding hydrogens is 309 g/mol. The average molecular weight is 328 g/mol. The predicted octanol–water partition coefficient (Wildman–Crippen LogP) is 3.82. The Bertz CT molecular complexity index is 463. The third-order valence-corrected chi connectivity index (χ3v) is 4.69. The Balaban J connectivity index is 2.07. The van der Waals surface area contributed by atoms with Gasteiger partial charge < -0.3 is 5.32 Å². The molecule has 1 fully saturated rings. The highest BCUT2D eigenvalue weighted by molar-refractivity contribution is 9.09. The zero-order valence-corrected chi connectivity index (χ0v) is 12.7. The molecule has 104 valence electrons. The molecule has 2 unspecified atom stereocenters. The molecule has 1 aromatic rings. The lowest BCUT2D eigenvalue weighted by Gasteiger charge is -2.31. The topological polar surface area (TPSA) is 29.1 Å². The van der Waals surface area contributed by atoms with E-state index in [1.165, 1.54) is 18.6 Å². The van der Waals surface area contributed by atoms with Gasteiger partial charge in [-0.25, -0.2) is 4.39 Å². The van der Waals surface area contributed by atoms with Crippen LogP contribution in [0.2, 0.25) is 0 Å². The smallest absolute Gasteiger partial charge is 0.251 e. The molecule has 0 bridgehead atoms. The molecule has 4 heteroatoms. The zero-order valence-electron chi connectivity index (χ0n) is 11.1.